The van der Waals surface area contributed by atoms with Crippen molar-refractivity contribution in [1.29, 1.82) is 0 Å². The number of methoxy groups -OCH3 is 1. The average Bonchev–Trinajstić information content (AvgIpc) is 2.56. The molecule has 3 heteroatoms. The third kappa shape index (κ3) is 2.20. The van der Waals surface area contributed by atoms with E-state index < -0.39 is 6.10 Å². The maximum absolute atomic E-state index is 10.7. The normalized spacial score (nSPS) is 17.3. The Kier molecular flexibility index (Phi) is 3.05. The Hall–Kier alpha value is -1.09. The maximum Gasteiger partial charge on any atom is 0.308 e. The predicted octanol–water partition coefficient (Wildman–Crippen LogP) is 0.797. The minimum Gasteiger partial charge on any atom is -0.469 e. The van der Waals surface area contributed by atoms with E-state index in [4.69, 9.17) is 0 Å². The molecule has 0 bridgehead atoms. The lowest BCUT2D eigenvalue weighted by Crippen LogP contribution is -2.15. The Morgan fingerprint density at radius 3 is 3.08 bits per heavy atom. The van der Waals surface area contributed by atoms with Crippen molar-refractivity contribution in [2.45, 2.75) is 18.9 Å². The summed E-state index contributed by atoms with van der Waals surface area (Å²) in [6.45, 7) is 0. The van der Waals surface area contributed by atoms with Gasteiger partial charge in [-0.05, 0) is 12.0 Å². The van der Waals surface area contributed by atoms with Crippen molar-refractivity contribution in [2.75, 3.05) is 7.11 Å². The maximum atomic E-state index is 10.7. The van der Waals surface area contributed by atoms with Gasteiger partial charge in [-0.3, -0.25) is 4.79 Å². The lowest BCUT2D eigenvalue weighted by Gasteiger charge is -2.07. The van der Waals surface area contributed by atoms with Gasteiger partial charge in [0.15, 0.2) is 0 Å². The van der Waals surface area contributed by atoms with Gasteiger partial charge in [0.1, 0.15) is 0 Å². The number of carbonyl (C=O) groups excluding carboxylic acids is 1. The highest BCUT2D eigenvalue weighted by molar-refractivity contribution is 5.70. The highest BCUT2D eigenvalue weighted by Crippen LogP contribution is 2.15. The summed E-state index contributed by atoms with van der Waals surface area (Å²) in [7, 11) is 1.31. The second-order valence-corrected chi connectivity index (χ2v) is 2.64. The van der Waals surface area contributed by atoms with Gasteiger partial charge in [-0.25, -0.2) is 0 Å². The first-order chi connectivity index (χ1) is 5.74. The number of hydrogen-bond donors (Lipinski definition) is 1. The Balaban J connectivity index is 2.42. The third-order valence-electron chi connectivity index (χ3n) is 1.77. The molecule has 66 valence electrons. The van der Waals surface area contributed by atoms with Crippen LogP contribution in [0.15, 0.2) is 23.8 Å². The Morgan fingerprint density at radius 1 is 1.83 bits per heavy atom. The molecule has 0 fully saturated rings. The van der Waals surface area contributed by atoms with Crippen LogP contribution in [-0.2, 0) is 9.53 Å². The minimum atomic E-state index is -0.712. The summed E-state index contributed by atoms with van der Waals surface area (Å²) in [5.74, 6) is -0.385. The third-order valence-corrected chi connectivity index (χ3v) is 1.77. The van der Waals surface area contributed by atoms with Gasteiger partial charge < -0.3 is 9.84 Å². The predicted molar refractivity (Wildman–Crippen MR) is 44.5 cm³/mol. The van der Waals surface area contributed by atoms with E-state index in [0.717, 1.165) is 12.0 Å². The van der Waals surface area contributed by atoms with Crippen molar-refractivity contribution >= 4 is 5.97 Å². The van der Waals surface area contributed by atoms with E-state index in [2.05, 4.69) is 4.74 Å². The van der Waals surface area contributed by atoms with Crippen LogP contribution in [-0.4, -0.2) is 24.3 Å². The fraction of sp³-hybridized carbons (Fsp3) is 0.444. The van der Waals surface area contributed by atoms with Crippen LogP contribution < -0.4 is 0 Å². The van der Waals surface area contributed by atoms with Gasteiger partial charge in [-0.1, -0.05) is 18.2 Å². The summed E-state index contributed by atoms with van der Waals surface area (Å²) in [6.07, 6.45) is 5.83. The second kappa shape index (κ2) is 4.07. The van der Waals surface area contributed by atoms with E-state index in [1.807, 2.05) is 18.2 Å². The summed E-state index contributed by atoms with van der Waals surface area (Å²) >= 11 is 0. The molecule has 0 aromatic heterocycles. The van der Waals surface area contributed by atoms with Crippen molar-refractivity contribution in [3.8, 4) is 0 Å². The lowest BCUT2D eigenvalue weighted by molar-refractivity contribution is -0.142. The summed E-state index contributed by atoms with van der Waals surface area (Å²) in [6, 6.07) is 0. The van der Waals surface area contributed by atoms with Gasteiger partial charge in [0.2, 0.25) is 0 Å². The van der Waals surface area contributed by atoms with Gasteiger partial charge in [-0.2, -0.15) is 0 Å². The highest BCUT2D eigenvalue weighted by atomic mass is 16.5. The summed E-state index contributed by atoms with van der Waals surface area (Å²) in [4.78, 5) is 10.7. The van der Waals surface area contributed by atoms with Crippen LogP contribution in [0.2, 0.25) is 0 Å². The molecule has 1 aliphatic rings. The van der Waals surface area contributed by atoms with Crippen LogP contribution in [0.1, 0.15) is 12.8 Å². The molecule has 0 aromatic carbocycles. The Morgan fingerprint density at radius 2 is 2.58 bits per heavy atom. The number of ether oxygens (including phenoxy) is 1. The number of aliphatic hydroxyl groups is 1. The smallest absolute Gasteiger partial charge is 0.308 e. The van der Waals surface area contributed by atoms with Crippen LogP contribution in [0.25, 0.3) is 0 Å². The van der Waals surface area contributed by atoms with Gasteiger partial charge in [0.25, 0.3) is 0 Å². The van der Waals surface area contributed by atoms with E-state index in [9.17, 15) is 9.90 Å². The van der Waals surface area contributed by atoms with Crippen molar-refractivity contribution in [3.05, 3.63) is 23.8 Å². The number of rotatable bonds is 3. The zero-order valence-electron chi connectivity index (χ0n) is 6.99. The topological polar surface area (TPSA) is 46.5 Å². The molecule has 1 atom stereocenters. The Labute approximate surface area is 71.3 Å². The lowest BCUT2D eigenvalue weighted by atomic mass is 10.1. The molecular weight excluding hydrogens is 156 g/mol. The van der Waals surface area contributed by atoms with Gasteiger partial charge >= 0.3 is 5.97 Å². The van der Waals surface area contributed by atoms with E-state index in [1.165, 1.54) is 7.11 Å². The molecule has 3 nitrogen and oxygen atoms in total. The van der Waals surface area contributed by atoms with Crippen LogP contribution >= 0.6 is 0 Å². The van der Waals surface area contributed by atoms with E-state index >= 15 is 0 Å². The number of aliphatic hydroxyl groups excluding tert-OH is 1. The van der Waals surface area contributed by atoms with Crippen LogP contribution in [0.5, 0.6) is 0 Å². The number of hydrogen-bond acceptors (Lipinski definition) is 3. The monoisotopic (exact) mass is 168 g/mol. The van der Waals surface area contributed by atoms with Crippen LogP contribution in [0, 0.1) is 0 Å². The molecule has 1 rings (SSSR count). The molecule has 0 saturated carbocycles. The first kappa shape index (κ1) is 9.00. The second-order valence-electron chi connectivity index (χ2n) is 2.64. The quantitative estimate of drug-likeness (QED) is 0.634. The fourth-order valence-electron chi connectivity index (χ4n) is 1.08. The molecule has 0 radical (unpaired) electrons. The average molecular weight is 168 g/mol. The van der Waals surface area contributed by atoms with E-state index in [1.54, 1.807) is 0 Å². The molecule has 1 N–H and O–H groups in total. The first-order valence-corrected chi connectivity index (χ1v) is 3.85. The van der Waals surface area contributed by atoms with E-state index in [0.29, 0.717) is 0 Å². The fourth-order valence-corrected chi connectivity index (χ4v) is 1.08. The van der Waals surface area contributed by atoms with E-state index in [-0.39, 0.29) is 12.4 Å². The zero-order chi connectivity index (χ0) is 8.97. The summed E-state index contributed by atoms with van der Waals surface area (Å²) < 4.78 is 4.43. The zero-order valence-corrected chi connectivity index (χ0v) is 6.99. The molecule has 1 unspecified atom stereocenters. The molecule has 0 spiro atoms. The van der Waals surface area contributed by atoms with Crippen LogP contribution in [0.3, 0.4) is 0 Å². The largest absolute Gasteiger partial charge is 0.469 e. The highest BCUT2D eigenvalue weighted by Gasteiger charge is 2.14. The Bertz CT molecular complexity index is 228. The minimum absolute atomic E-state index is 0.0344. The molecule has 0 aliphatic heterocycles. The van der Waals surface area contributed by atoms with Crippen LogP contribution in [0.4, 0.5) is 0 Å². The SMILES string of the molecule is COC(=O)CC(O)C1=CCC=C1. The number of esters is 1. The summed E-state index contributed by atoms with van der Waals surface area (Å²) in [5, 5.41) is 9.43. The summed E-state index contributed by atoms with van der Waals surface area (Å²) in [5.41, 5.74) is 0.806. The standard InChI is InChI=1S/C9H12O3/c1-12-9(11)6-8(10)7-4-2-3-5-7/h2,4-5,8,10H,3,6H2,1H3. The molecule has 0 amide bonds. The van der Waals surface area contributed by atoms with Crippen molar-refractivity contribution in [2.24, 2.45) is 0 Å². The van der Waals surface area contributed by atoms with Crippen molar-refractivity contribution in [1.82, 2.24) is 0 Å². The number of carbonyl (C=O) groups is 1. The molecule has 0 saturated heterocycles. The first-order valence-electron chi connectivity index (χ1n) is 3.85. The van der Waals surface area contributed by atoms with Gasteiger partial charge in [0.05, 0.1) is 19.6 Å². The van der Waals surface area contributed by atoms with Gasteiger partial charge in [-0.15, -0.1) is 0 Å². The molecule has 12 heavy (non-hydrogen) atoms. The molecule has 0 heterocycles. The molecule has 1 aliphatic carbocycles. The number of allylic oxidation sites excluding steroid dienone is 2. The van der Waals surface area contributed by atoms with Crippen molar-refractivity contribution in [3.63, 3.8) is 0 Å². The molecular formula is C9H12O3. The van der Waals surface area contributed by atoms with Gasteiger partial charge in [0, 0.05) is 0 Å². The molecule has 0 aromatic rings. The van der Waals surface area contributed by atoms with Crippen molar-refractivity contribution < 1.29 is 14.6 Å².